The third-order valence-corrected chi connectivity index (χ3v) is 4.59. The first-order chi connectivity index (χ1) is 13.4. The molecule has 6 nitrogen and oxygen atoms in total. The van der Waals surface area contributed by atoms with Gasteiger partial charge in [-0.1, -0.05) is 0 Å². The van der Waals surface area contributed by atoms with Crippen molar-refractivity contribution < 1.29 is 22.6 Å². The van der Waals surface area contributed by atoms with Crippen LogP contribution in [-0.2, 0) is 0 Å². The third-order valence-electron chi connectivity index (χ3n) is 4.59. The second-order valence-electron chi connectivity index (χ2n) is 6.80. The van der Waals surface area contributed by atoms with Crippen molar-refractivity contribution in [3.8, 4) is 22.9 Å². The Labute approximate surface area is 159 Å². The van der Waals surface area contributed by atoms with Crippen LogP contribution in [0.5, 0.6) is 11.6 Å². The quantitative estimate of drug-likeness (QED) is 0.677. The fourth-order valence-electron chi connectivity index (χ4n) is 3.33. The van der Waals surface area contributed by atoms with Crippen LogP contribution in [0.4, 0.5) is 13.2 Å². The van der Waals surface area contributed by atoms with Crippen LogP contribution in [0.15, 0.2) is 42.6 Å². The summed E-state index contributed by atoms with van der Waals surface area (Å²) < 4.78 is 48.5. The molecule has 28 heavy (non-hydrogen) atoms. The standard InChI is InChI=1S/C19H19F3N4O2/c1-25-10-2-3-15(12-25)27-18-9-8-17-23-11-16(26(17)24-18)13-4-6-14(7-5-13)28-19(20,21)22/h4-9,11,15H,2-3,10,12H2,1H3. The first-order valence-corrected chi connectivity index (χ1v) is 8.93. The molecule has 1 unspecified atom stereocenters. The Hall–Kier alpha value is -2.81. The molecule has 3 heterocycles. The van der Waals surface area contributed by atoms with Gasteiger partial charge in [0.15, 0.2) is 5.65 Å². The summed E-state index contributed by atoms with van der Waals surface area (Å²) in [5.41, 5.74) is 1.95. The largest absolute Gasteiger partial charge is 0.573 e. The van der Waals surface area contributed by atoms with Gasteiger partial charge in [-0.15, -0.1) is 18.3 Å². The van der Waals surface area contributed by atoms with E-state index >= 15 is 0 Å². The number of imidazole rings is 1. The number of piperidine rings is 1. The number of halogens is 3. The lowest BCUT2D eigenvalue weighted by molar-refractivity contribution is -0.274. The van der Waals surface area contributed by atoms with Crippen molar-refractivity contribution in [1.82, 2.24) is 19.5 Å². The summed E-state index contributed by atoms with van der Waals surface area (Å²) in [6.07, 6.45) is -0.964. The Bertz CT molecular complexity index is 956. The highest BCUT2D eigenvalue weighted by Gasteiger charge is 2.31. The van der Waals surface area contributed by atoms with Crippen molar-refractivity contribution in [1.29, 1.82) is 0 Å². The van der Waals surface area contributed by atoms with E-state index in [1.54, 1.807) is 22.8 Å². The lowest BCUT2D eigenvalue weighted by atomic mass is 10.1. The highest BCUT2D eigenvalue weighted by molar-refractivity contribution is 5.63. The summed E-state index contributed by atoms with van der Waals surface area (Å²) >= 11 is 0. The molecule has 2 aromatic heterocycles. The summed E-state index contributed by atoms with van der Waals surface area (Å²) in [7, 11) is 2.06. The summed E-state index contributed by atoms with van der Waals surface area (Å²) in [6.45, 7) is 1.91. The molecule has 1 aliphatic heterocycles. The third kappa shape index (κ3) is 4.19. The molecule has 0 radical (unpaired) electrons. The lowest BCUT2D eigenvalue weighted by Gasteiger charge is -2.29. The number of rotatable bonds is 4. The van der Waals surface area contributed by atoms with Crippen molar-refractivity contribution in [3.05, 3.63) is 42.6 Å². The number of alkyl halides is 3. The topological polar surface area (TPSA) is 51.9 Å². The molecule has 148 valence electrons. The summed E-state index contributed by atoms with van der Waals surface area (Å²) in [6, 6.07) is 9.19. The van der Waals surface area contributed by atoms with Gasteiger partial charge in [-0.2, -0.15) is 0 Å². The van der Waals surface area contributed by atoms with Crippen LogP contribution in [0.25, 0.3) is 16.9 Å². The molecule has 4 rings (SSSR count). The van der Waals surface area contributed by atoms with Crippen LogP contribution in [0, 0.1) is 0 Å². The summed E-state index contributed by atoms with van der Waals surface area (Å²) in [4.78, 5) is 6.52. The summed E-state index contributed by atoms with van der Waals surface area (Å²) in [5.74, 6) is 0.215. The van der Waals surface area contributed by atoms with Crippen molar-refractivity contribution in [3.63, 3.8) is 0 Å². The zero-order valence-corrected chi connectivity index (χ0v) is 15.2. The van der Waals surface area contributed by atoms with Crippen molar-refractivity contribution in [2.45, 2.75) is 25.3 Å². The molecule has 9 heteroatoms. The Balaban J connectivity index is 1.57. The van der Waals surface area contributed by atoms with Crippen LogP contribution >= 0.6 is 0 Å². The van der Waals surface area contributed by atoms with Crippen molar-refractivity contribution >= 4 is 5.65 Å². The number of likely N-dealkylation sites (N-methyl/N-ethyl adjacent to an activating group) is 1. The molecule has 3 aromatic rings. The van der Waals surface area contributed by atoms with Gasteiger partial charge in [-0.05, 0) is 56.8 Å². The predicted octanol–water partition coefficient (Wildman–Crippen LogP) is 3.77. The number of fused-ring (bicyclic) bond motifs is 1. The van der Waals surface area contributed by atoms with E-state index in [2.05, 4.69) is 26.8 Å². The van der Waals surface area contributed by atoms with Gasteiger partial charge in [-0.25, -0.2) is 9.50 Å². The molecule has 0 bridgehead atoms. The van der Waals surface area contributed by atoms with Crippen LogP contribution in [0.1, 0.15) is 12.8 Å². The zero-order valence-electron chi connectivity index (χ0n) is 15.2. The van der Waals surface area contributed by atoms with E-state index in [1.807, 2.05) is 0 Å². The second kappa shape index (κ2) is 7.31. The molecule has 0 saturated carbocycles. The Morgan fingerprint density at radius 2 is 1.89 bits per heavy atom. The SMILES string of the molecule is CN1CCCC(Oc2ccc3ncc(-c4ccc(OC(F)(F)F)cc4)n3n2)C1. The molecule has 0 amide bonds. The number of hydrogen-bond acceptors (Lipinski definition) is 5. The van der Waals surface area contributed by atoms with E-state index in [0.717, 1.165) is 25.9 Å². The number of benzene rings is 1. The number of likely N-dealkylation sites (tertiary alicyclic amines) is 1. The van der Waals surface area contributed by atoms with Crippen LogP contribution in [-0.4, -0.2) is 52.1 Å². The van der Waals surface area contributed by atoms with E-state index in [0.29, 0.717) is 22.8 Å². The highest BCUT2D eigenvalue weighted by atomic mass is 19.4. The maximum atomic E-state index is 12.3. The minimum atomic E-state index is -4.72. The molecule has 0 spiro atoms. The first-order valence-electron chi connectivity index (χ1n) is 8.93. The Morgan fingerprint density at radius 3 is 2.61 bits per heavy atom. The smallest absolute Gasteiger partial charge is 0.472 e. The van der Waals surface area contributed by atoms with Crippen LogP contribution in [0.2, 0.25) is 0 Å². The number of hydrogen-bond donors (Lipinski definition) is 0. The molecule has 1 aromatic carbocycles. The maximum absolute atomic E-state index is 12.3. The van der Waals surface area contributed by atoms with Gasteiger partial charge < -0.3 is 14.4 Å². The van der Waals surface area contributed by atoms with Gasteiger partial charge in [0.2, 0.25) is 5.88 Å². The van der Waals surface area contributed by atoms with E-state index in [9.17, 15) is 13.2 Å². The fourth-order valence-corrected chi connectivity index (χ4v) is 3.33. The Morgan fingerprint density at radius 1 is 1.11 bits per heavy atom. The molecular formula is C19H19F3N4O2. The maximum Gasteiger partial charge on any atom is 0.573 e. The molecule has 0 N–H and O–H groups in total. The first kappa shape index (κ1) is 18.5. The van der Waals surface area contributed by atoms with E-state index in [4.69, 9.17) is 4.74 Å². The zero-order chi connectivity index (χ0) is 19.7. The number of ether oxygens (including phenoxy) is 2. The van der Waals surface area contributed by atoms with Crippen LogP contribution < -0.4 is 9.47 Å². The minimum Gasteiger partial charge on any atom is -0.472 e. The lowest BCUT2D eigenvalue weighted by Crippen LogP contribution is -2.38. The monoisotopic (exact) mass is 392 g/mol. The van der Waals surface area contributed by atoms with E-state index < -0.39 is 6.36 Å². The molecule has 1 saturated heterocycles. The van der Waals surface area contributed by atoms with Crippen LogP contribution in [0.3, 0.4) is 0 Å². The van der Waals surface area contributed by atoms with Crippen molar-refractivity contribution in [2.24, 2.45) is 0 Å². The Kier molecular flexibility index (Phi) is 4.84. The molecule has 1 fully saturated rings. The molecule has 1 atom stereocenters. The minimum absolute atomic E-state index is 0.0782. The summed E-state index contributed by atoms with van der Waals surface area (Å²) in [5, 5.41) is 4.51. The molecule has 1 aliphatic rings. The number of aromatic nitrogens is 3. The van der Waals surface area contributed by atoms with Gasteiger partial charge in [0, 0.05) is 18.2 Å². The average Bonchev–Trinajstić information content (AvgIpc) is 3.04. The second-order valence-corrected chi connectivity index (χ2v) is 6.80. The average molecular weight is 392 g/mol. The van der Waals surface area contributed by atoms with Crippen molar-refractivity contribution in [2.75, 3.05) is 20.1 Å². The van der Waals surface area contributed by atoms with E-state index in [1.165, 1.54) is 24.3 Å². The predicted molar refractivity (Wildman–Crippen MR) is 96.3 cm³/mol. The van der Waals surface area contributed by atoms with E-state index in [-0.39, 0.29) is 11.9 Å². The highest BCUT2D eigenvalue weighted by Crippen LogP contribution is 2.27. The molecule has 0 aliphatic carbocycles. The van der Waals surface area contributed by atoms with Gasteiger partial charge in [0.1, 0.15) is 11.9 Å². The van der Waals surface area contributed by atoms with Gasteiger partial charge >= 0.3 is 6.36 Å². The fraction of sp³-hybridized carbons (Fsp3) is 0.368. The normalized spacial score (nSPS) is 18.4. The molecular weight excluding hydrogens is 373 g/mol. The van der Waals surface area contributed by atoms with Gasteiger partial charge in [-0.3, -0.25) is 0 Å². The number of nitrogens with zero attached hydrogens (tertiary/aromatic N) is 4. The van der Waals surface area contributed by atoms with Gasteiger partial charge in [0.05, 0.1) is 11.9 Å². The van der Waals surface area contributed by atoms with Gasteiger partial charge in [0.25, 0.3) is 0 Å².